The molecule has 0 aliphatic carbocycles. The maximum absolute atomic E-state index is 5.16. The summed E-state index contributed by atoms with van der Waals surface area (Å²) < 4.78 is 6.99. The lowest BCUT2D eigenvalue weighted by Gasteiger charge is -2.24. The highest BCUT2D eigenvalue weighted by molar-refractivity contribution is 4.76. The van der Waals surface area contributed by atoms with E-state index in [0.29, 0.717) is 6.61 Å². The first kappa shape index (κ1) is 12.1. The summed E-state index contributed by atoms with van der Waals surface area (Å²) in [5.74, 6) is 0. The Morgan fingerprint density at radius 3 is 2.67 bits per heavy atom. The summed E-state index contributed by atoms with van der Waals surface area (Å²) >= 11 is 0. The Kier molecular flexibility index (Phi) is 4.23. The first-order chi connectivity index (χ1) is 7.03. The Hall–Kier alpha value is -0.940. The van der Waals surface area contributed by atoms with E-state index in [1.54, 1.807) is 19.8 Å². The second-order valence-electron chi connectivity index (χ2n) is 4.62. The van der Waals surface area contributed by atoms with E-state index in [-0.39, 0.29) is 11.6 Å². The fourth-order valence-electron chi connectivity index (χ4n) is 1.25. The van der Waals surface area contributed by atoms with Gasteiger partial charge in [-0.15, -0.1) is 0 Å². The van der Waals surface area contributed by atoms with E-state index in [4.69, 9.17) is 4.74 Å². The van der Waals surface area contributed by atoms with Crippen LogP contribution in [0.25, 0.3) is 0 Å². The van der Waals surface area contributed by atoms with Gasteiger partial charge in [-0.1, -0.05) is 0 Å². The minimum Gasteiger partial charge on any atom is -0.382 e. The van der Waals surface area contributed by atoms with Crippen LogP contribution in [-0.4, -0.2) is 40.6 Å². The van der Waals surface area contributed by atoms with Gasteiger partial charge in [0, 0.05) is 19.2 Å². The molecule has 0 aromatic carbocycles. The van der Waals surface area contributed by atoms with Gasteiger partial charge in [-0.2, -0.15) is 5.10 Å². The zero-order chi connectivity index (χ0) is 11.3. The average Bonchev–Trinajstić information content (AvgIpc) is 2.63. The van der Waals surface area contributed by atoms with Crippen LogP contribution in [0, 0.1) is 0 Å². The number of ether oxygens (including phenoxy) is 1. The van der Waals surface area contributed by atoms with Crippen molar-refractivity contribution in [2.45, 2.75) is 32.4 Å². The smallest absolute Gasteiger partial charge is 0.137 e. The lowest BCUT2D eigenvalue weighted by Crippen LogP contribution is -2.40. The summed E-state index contributed by atoms with van der Waals surface area (Å²) in [6, 6.07) is 0.191. The van der Waals surface area contributed by atoms with Gasteiger partial charge < -0.3 is 10.1 Å². The van der Waals surface area contributed by atoms with Crippen molar-refractivity contribution in [1.82, 2.24) is 20.1 Å². The molecular formula is C10H20N4O. The molecule has 0 amide bonds. The highest BCUT2D eigenvalue weighted by Crippen LogP contribution is 2.06. The second kappa shape index (κ2) is 5.23. The number of rotatable bonds is 5. The molecule has 5 heteroatoms. The molecule has 0 fully saturated rings. The summed E-state index contributed by atoms with van der Waals surface area (Å²) in [4.78, 5) is 3.94. The van der Waals surface area contributed by atoms with Crippen LogP contribution < -0.4 is 5.32 Å². The SMILES string of the molecule is COCC(CNC(C)(C)C)n1cncn1. The Morgan fingerprint density at radius 1 is 1.47 bits per heavy atom. The largest absolute Gasteiger partial charge is 0.382 e. The number of nitrogens with one attached hydrogen (secondary N) is 1. The van der Waals surface area contributed by atoms with Crippen molar-refractivity contribution in [3.05, 3.63) is 12.7 Å². The van der Waals surface area contributed by atoms with Gasteiger partial charge in [-0.3, -0.25) is 0 Å². The average molecular weight is 212 g/mol. The van der Waals surface area contributed by atoms with E-state index in [9.17, 15) is 0 Å². The van der Waals surface area contributed by atoms with E-state index in [1.165, 1.54) is 0 Å². The van der Waals surface area contributed by atoms with Crippen LogP contribution in [0.5, 0.6) is 0 Å². The van der Waals surface area contributed by atoms with Gasteiger partial charge in [0.15, 0.2) is 0 Å². The molecule has 1 heterocycles. The number of methoxy groups -OCH3 is 1. The fourth-order valence-corrected chi connectivity index (χ4v) is 1.25. The maximum Gasteiger partial charge on any atom is 0.137 e. The van der Waals surface area contributed by atoms with Crippen LogP contribution in [0.1, 0.15) is 26.8 Å². The minimum atomic E-state index is 0.104. The van der Waals surface area contributed by atoms with Gasteiger partial charge in [0.05, 0.1) is 12.6 Å². The molecule has 1 aromatic rings. The van der Waals surface area contributed by atoms with Gasteiger partial charge in [0.1, 0.15) is 12.7 Å². The molecule has 1 atom stereocenters. The van der Waals surface area contributed by atoms with E-state index in [2.05, 4.69) is 36.2 Å². The first-order valence-corrected chi connectivity index (χ1v) is 5.11. The standard InChI is InChI=1S/C10H20N4O/c1-10(2,3)12-5-9(6-15-4)14-8-11-7-13-14/h7-9,12H,5-6H2,1-4H3. The van der Waals surface area contributed by atoms with Crippen molar-refractivity contribution in [1.29, 1.82) is 0 Å². The predicted molar refractivity (Wildman–Crippen MR) is 58.7 cm³/mol. The quantitative estimate of drug-likeness (QED) is 0.786. The fraction of sp³-hybridized carbons (Fsp3) is 0.800. The summed E-state index contributed by atoms with van der Waals surface area (Å²) in [6.07, 6.45) is 3.26. The highest BCUT2D eigenvalue weighted by Gasteiger charge is 2.15. The van der Waals surface area contributed by atoms with Crippen LogP contribution >= 0.6 is 0 Å². The van der Waals surface area contributed by atoms with Crippen molar-refractivity contribution in [3.63, 3.8) is 0 Å². The molecule has 1 N–H and O–H groups in total. The topological polar surface area (TPSA) is 52.0 Å². The molecular weight excluding hydrogens is 192 g/mol. The van der Waals surface area contributed by atoms with Crippen LogP contribution in [0.3, 0.4) is 0 Å². The van der Waals surface area contributed by atoms with E-state index >= 15 is 0 Å². The normalized spacial score (nSPS) is 14.1. The molecule has 1 unspecified atom stereocenters. The van der Waals surface area contributed by atoms with Gasteiger partial charge in [-0.25, -0.2) is 9.67 Å². The maximum atomic E-state index is 5.16. The lowest BCUT2D eigenvalue weighted by atomic mass is 10.1. The van der Waals surface area contributed by atoms with Gasteiger partial charge >= 0.3 is 0 Å². The molecule has 15 heavy (non-hydrogen) atoms. The van der Waals surface area contributed by atoms with Crippen molar-refractivity contribution in [2.75, 3.05) is 20.3 Å². The van der Waals surface area contributed by atoms with Crippen LogP contribution in [-0.2, 0) is 4.74 Å². The molecule has 0 saturated carbocycles. The molecule has 1 aromatic heterocycles. The third-order valence-electron chi connectivity index (χ3n) is 2.04. The summed E-state index contributed by atoms with van der Waals surface area (Å²) in [5.41, 5.74) is 0.104. The molecule has 5 nitrogen and oxygen atoms in total. The summed E-state index contributed by atoms with van der Waals surface area (Å²) in [7, 11) is 1.70. The van der Waals surface area contributed by atoms with Crippen LogP contribution in [0.15, 0.2) is 12.7 Å². The third kappa shape index (κ3) is 4.40. The number of hydrogen-bond acceptors (Lipinski definition) is 4. The Morgan fingerprint density at radius 2 is 2.20 bits per heavy atom. The zero-order valence-electron chi connectivity index (χ0n) is 9.90. The predicted octanol–water partition coefficient (Wildman–Crippen LogP) is 0.854. The zero-order valence-corrected chi connectivity index (χ0v) is 9.90. The molecule has 0 saturated heterocycles. The van der Waals surface area contributed by atoms with Crippen molar-refractivity contribution < 1.29 is 4.74 Å². The number of nitrogens with zero attached hydrogens (tertiary/aromatic N) is 3. The molecule has 0 aliphatic rings. The highest BCUT2D eigenvalue weighted by atomic mass is 16.5. The molecule has 0 spiro atoms. The molecule has 86 valence electrons. The van der Waals surface area contributed by atoms with Crippen LogP contribution in [0.4, 0.5) is 0 Å². The van der Waals surface area contributed by atoms with Crippen molar-refractivity contribution >= 4 is 0 Å². The van der Waals surface area contributed by atoms with Gasteiger partial charge in [0.2, 0.25) is 0 Å². The molecule has 1 rings (SSSR count). The first-order valence-electron chi connectivity index (χ1n) is 5.11. The molecule has 0 radical (unpaired) electrons. The third-order valence-corrected chi connectivity index (χ3v) is 2.04. The van der Waals surface area contributed by atoms with E-state index < -0.39 is 0 Å². The number of aromatic nitrogens is 3. The minimum absolute atomic E-state index is 0.104. The lowest BCUT2D eigenvalue weighted by molar-refractivity contribution is 0.143. The Bertz CT molecular complexity index is 265. The Labute approximate surface area is 90.8 Å². The van der Waals surface area contributed by atoms with Crippen LogP contribution in [0.2, 0.25) is 0 Å². The van der Waals surface area contributed by atoms with E-state index in [0.717, 1.165) is 6.54 Å². The van der Waals surface area contributed by atoms with Crippen molar-refractivity contribution in [3.8, 4) is 0 Å². The molecule has 0 bridgehead atoms. The number of hydrogen-bond donors (Lipinski definition) is 1. The monoisotopic (exact) mass is 212 g/mol. The summed E-state index contributed by atoms with van der Waals surface area (Å²) in [6.45, 7) is 7.86. The molecule has 0 aliphatic heterocycles. The van der Waals surface area contributed by atoms with Gasteiger partial charge in [0.25, 0.3) is 0 Å². The van der Waals surface area contributed by atoms with E-state index in [1.807, 2.05) is 4.68 Å². The van der Waals surface area contributed by atoms with Crippen molar-refractivity contribution in [2.24, 2.45) is 0 Å². The summed E-state index contributed by atoms with van der Waals surface area (Å²) in [5, 5.41) is 7.55. The van der Waals surface area contributed by atoms with Gasteiger partial charge in [-0.05, 0) is 20.8 Å². The Balaban J connectivity index is 2.52. The second-order valence-corrected chi connectivity index (χ2v) is 4.62.